The number of benzene rings is 2. The molecule has 2 aromatic rings. The minimum Gasteiger partial charge on any atom is -0.465 e. The van der Waals surface area contributed by atoms with E-state index in [-0.39, 0.29) is 23.9 Å². The summed E-state index contributed by atoms with van der Waals surface area (Å²) in [5.74, 6) is -2.64. The molecule has 0 unspecified atom stereocenters. The molecule has 2 amide bonds. The van der Waals surface area contributed by atoms with Gasteiger partial charge in [-0.2, -0.15) is 0 Å². The summed E-state index contributed by atoms with van der Waals surface area (Å²) >= 11 is 11.7. The summed E-state index contributed by atoms with van der Waals surface area (Å²) in [6, 6.07) is 10.8. The van der Waals surface area contributed by atoms with E-state index in [9.17, 15) is 19.2 Å². The van der Waals surface area contributed by atoms with Crippen LogP contribution in [0.1, 0.15) is 16.8 Å². The molecule has 0 aliphatic carbocycles. The predicted octanol–water partition coefficient (Wildman–Crippen LogP) is 3.31. The van der Waals surface area contributed by atoms with E-state index in [0.29, 0.717) is 22.0 Å². The van der Waals surface area contributed by atoms with Crippen molar-refractivity contribution in [3.8, 4) is 0 Å². The molecule has 1 aliphatic heterocycles. The number of hydrogen-bond donors (Lipinski definition) is 1. The Labute approximate surface area is 188 Å². The van der Waals surface area contributed by atoms with Crippen molar-refractivity contribution in [3.05, 3.63) is 58.1 Å². The normalized spacial score (nSPS) is 15.5. The summed E-state index contributed by atoms with van der Waals surface area (Å²) < 4.78 is 9.70. The molecule has 1 fully saturated rings. The van der Waals surface area contributed by atoms with Gasteiger partial charge in [-0.25, -0.2) is 4.79 Å². The maximum absolute atomic E-state index is 12.3. The molecule has 1 N–H and O–H groups in total. The van der Waals surface area contributed by atoms with Crippen molar-refractivity contribution in [3.63, 3.8) is 0 Å². The van der Waals surface area contributed by atoms with Gasteiger partial charge < -0.3 is 19.7 Å². The third kappa shape index (κ3) is 5.53. The smallest absolute Gasteiger partial charge is 0.337 e. The summed E-state index contributed by atoms with van der Waals surface area (Å²) in [4.78, 5) is 49.6. The lowest BCUT2D eigenvalue weighted by molar-refractivity contribution is -0.151. The molecule has 0 spiro atoms. The first-order valence-corrected chi connectivity index (χ1v) is 9.94. The minimum atomic E-state index is -0.703. The fraction of sp³-hybridized carbons (Fsp3) is 0.238. The Morgan fingerprint density at radius 2 is 1.81 bits per heavy atom. The lowest BCUT2D eigenvalue weighted by Crippen LogP contribution is -2.28. The molecular formula is C21H18Cl2N2O6. The monoisotopic (exact) mass is 464 g/mol. The van der Waals surface area contributed by atoms with Crippen LogP contribution in [0.15, 0.2) is 42.5 Å². The zero-order valence-corrected chi connectivity index (χ0v) is 17.9. The molecule has 3 rings (SSSR count). The molecule has 1 heterocycles. The number of anilines is 2. The average molecular weight is 465 g/mol. The van der Waals surface area contributed by atoms with E-state index < -0.39 is 30.4 Å². The molecule has 1 saturated heterocycles. The second-order valence-electron chi connectivity index (χ2n) is 6.73. The lowest BCUT2D eigenvalue weighted by atomic mass is 10.1. The van der Waals surface area contributed by atoms with Gasteiger partial charge in [0.05, 0.1) is 28.6 Å². The maximum Gasteiger partial charge on any atom is 0.337 e. The Bertz CT molecular complexity index is 1030. The van der Waals surface area contributed by atoms with E-state index in [1.54, 1.807) is 18.2 Å². The van der Waals surface area contributed by atoms with Gasteiger partial charge in [0, 0.05) is 24.3 Å². The number of halogens is 2. The molecule has 1 atom stereocenters. The summed E-state index contributed by atoms with van der Waals surface area (Å²) in [5.41, 5.74) is 1.31. The topological polar surface area (TPSA) is 102 Å². The Morgan fingerprint density at radius 1 is 1.10 bits per heavy atom. The second kappa shape index (κ2) is 9.80. The molecule has 10 heteroatoms. The predicted molar refractivity (Wildman–Crippen MR) is 114 cm³/mol. The molecule has 31 heavy (non-hydrogen) atoms. The maximum atomic E-state index is 12.3. The minimum absolute atomic E-state index is 0.0357. The molecule has 0 bridgehead atoms. The number of nitrogens with one attached hydrogen (secondary N) is 1. The van der Waals surface area contributed by atoms with Crippen LogP contribution in [0.3, 0.4) is 0 Å². The van der Waals surface area contributed by atoms with E-state index >= 15 is 0 Å². The van der Waals surface area contributed by atoms with E-state index in [0.717, 1.165) is 0 Å². The van der Waals surface area contributed by atoms with Gasteiger partial charge in [-0.05, 0) is 42.5 Å². The van der Waals surface area contributed by atoms with Gasteiger partial charge >= 0.3 is 11.9 Å². The standard InChI is InChI=1S/C21H18Cl2N2O6/c1-30-20(28)12-2-5-15(6-3-12)25-10-13(8-19(25)27)21(29)31-11-18(26)24-14-4-7-16(22)17(23)9-14/h2-7,9,13H,8,10-11H2,1H3,(H,24,26)/t13-/m1/s1. The van der Waals surface area contributed by atoms with Crippen molar-refractivity contribution in [1.82, 2.24) is 0 Å². The zero-order chi connectivity index (χ0) is 22.5. The number of carbonyl (C=O) groups excluding carboxylic acids is 4. The fourth-order valence-corrected chi connectivity index (χ4v) is 3.33. The van der Waals surface area contributed by atoms with Crippen LogP contribution in [-0.4, -0.2) is 44.0 Å². The Morgan fingerprint density at radius 3 is 2.45 bits per heavy atom. The van der Waals surface area contributed by atoms with Gasteiger partial charge in [0.2, 0.25) is 5.91 Å². The summed E-state index contributed by atoms with van der Waals surface area (Å²) in [5, 5.41) is 3.17. The van der Waals surface area contributed by atoms with Crippen LogP contribution in [0.2, 0.25) is 10.0 Å². The number of rotatable bonds is 6. The average Bonchev–Trinajstić information content (AvgIpc) is 3.16. The quantitative estimate of drug-likeness (QED) is 0.657. The van der Waals surface area contributed by atoms with Crippen LogP contribution in [0.5, 0.6) is 0 Å². The van der Waals surface area contributed by atoms with Crippen molar-refractivity contribution in [2.75, 3.05) is 30.5 Å². The van der Waals surface area contributed by atoms with Crippen LogP contribution >= 0.6 is 23.2 Å². The van der Waals surface area contributed by atoms with Crippen molar-refractivity contribution in [2.45, 2.75) is 6.42 Å². The van der Waals surface area contributed by atoms with Gasteiger partial charge in [-0.1, -0.05) is 23.2 Å². The van der Waals surface area contributed by atoms with E-state index in [2.05, 4.69) is 10.1 Å². The largest absolute Gasteiger partial charge is 0.465 e. The summed E-state index contributed by atoms with van der Waals surface area (Å²) in [6.07, 6.45) is -0.0357. The molecule has 1 aliphatic rings. The lowest BCUT2D eigenvalue weighted by Gasteiger charge is -2.16. The highest BCUT2D eigenvalue weighted by atomic mass is 35.5. The molecular weight excluding hydrogens is 447 g/mol. The molecule has 0 saturated carbocycles. The van der Waals surface area contributed by atoms with Crippen molar-refractivity contribution in [1.29, 1.82) is 0 Å². The highest BCUT2D eigenvalue weighted by molar-refractivity contribution is 6.42. The first-order chi connectivity index (χ1) is 14.8. The SMILES string of the molecule is COC(=O)c1ccc(N2C[C@H](C(=O)OCC(=O)Nc3ccc(Cl)c(Cl)c3)CC2=O)cc1. The highest BCUT2D eigenvalue weighted by Crippen LogP contribution is 2.27. The second-order valence-corrected chi connectivity index (χ2v) is 7.54. The number of hydrogen-bond acceptors (Lipinski definition) is 6. The van der Waals surface area contributed by atoms with E-state index in [4.69, 9.17) is 27.9 Å². The number of ether oxygens (including phenoxy) is 2. The fourth-order valence-electron chi connectivity index (χ4n) is 3.04. The third-order valence-electron chi connectivity index (χ3n) is 4.61. The van der Waals surface area contributed by atoms with Crippen LogP contribution in [-0.2, 0) is 23.9 Å². The first-order valence-electron chi connectivity index (χ1n) is 9.18. The van der Waals surface area contributed by atoms with Crippen molar-refractivity contribution >= 4 is 58.3 Å². The van der Waals surface area contributed by atoms with Crippen molar-refractivity contribution < 1.29 is 28.7 Å². The number of amides is 2. The number of carbonyl (C=O) groups is 4. The van der Waals surface area contributed by atoms with Gasteiger partial charge in [0.25, 0.3) is 5.91 Å². The zero-order valence-electron chi connectivity index (χ0n) is 16.4. The molecule has 0 radical (unpaired) electrons. The number of nitrogens with zero attached hydrogens (tertiary/aromatic N) is 1. The molecule has 2 aromatic carbocycles. The first kappa shape index (κ1) is 22.6. The number of esters is 2. The molecule has 0 aromatic heterocycles. The van der Waals surface area contributed by atoms with Crippen LogP contribution in [0.25, 0.3) is 0 Å². The van der Waals surface area contributed by atoms with Gasteiger partial charge in [0.15, 0.2) is 6.61 Å². The Balaban J connectivity index is 1.53. The number of methoxy groups -OCH3 is 1. The van der Waals surface area contributed by atoms with E-state index in [1.807, 2.05) is 0 Å². The van der Waals surface area contributed by atoms with Gasteiger partial charge in [-0.15, -0.1) is 0 Å². The summed E-state index contributed by atoms with van der Waals surface area (Å²) in [6.45, 7) is -0.388. The third-order valence-corrected chi connectivity index (χ3v) is 5.35. The van der Waals surface area contributed by atoms with Crippen LogP contribution in [0.4, 0.5) is 11.4 Å². The highest BCUT2D eigenvalue weighted by Gasteiger charge is 2.36. The van der Waals surface area contributed by atoms with Crippen LogP contribution < -0.4 is 10.2 Å². The Kier molecular flexibility index (Phi) is 7.14. The van der Waals surface area contributed by atoms with E-state index in [1.165, 1.54) is 36.3 Å². The molecule has 8 nitrogen and oxygen atoms in total. The van der Waals surface area contributed by atoms with Gasteiger partial charge in [-0.3, -0.25) is 14.4 Å². The molecule has 162 valence electrons. The van der Waals surface area contributed by atoms with Crippen LogP contribution in [0, 0.1) is 5.92 Å². The Hall–Kier alpha value is -3.10. The summed E-state index contributed by atoms with van der Waals surface area (Å²) in [7, 11) is 1.28. The van der Waals surface area contributed by atoms with Crippen molar-refractivity contribution in [2.24, 2.45) is 5.92 Å². The van der Waals surface area contributed by atoms with Gasteiger partial charge in [0.1, 0.15) is 0 Å².